The first-order valence-corrected chi connectivity index (χ1v) is 3.37. The topological polar surface area (TPSA) is 76.1 Å². The number of carbonyl (C=O) groups is 1. The normalized spacial score (nSPS) is 20.6. The Labute approximate surface area is 69.9 Å². The zero-order valence-electron chi connectivity index (χ0n) is 6.84. The molecule has 0 saturated carbocycles. The van der Waals surface area contributed by atoms with Crippen LogP contribution >= 0.6 is 0 Å². The van der Waals surface area contributed by atoms with Gasteiger partial charge in [0.1, 0.15) is 0 Å². The van der Waals surface area contributed by atoms with Crippen LogP contribution in [-0.2, 0) is 9.53 Å². The molecule has 0 saturated heterocycles. The van der Waals surface area contributed by atoms with Gasteiger partial charge in [-0.2, -0.15) is 5.26 Å². The summed E-state index contributed by atoms with van der Waals surface area (Å²) in [5.74, 6) is -0.280. The lowest BCUT2D eigenvalue weighted by Gasteiger charge is -1.97. The third-order valence-corrected chi connectivity index (χ3v) is 1.66. The Bertz CT molecular complexity index is 345. The Morgan fingerprint density at radius 2 is 2.25 bits per heavy atom. The van der Waals surface area contributed by atoms with Crippen LogP contribution in [0.25, 0.3) is 0 Å². The van der Waals surface area contributed by atoms with Crippen LogP contribution in [0, 0.1) is 11.3 Å². The van der Waals surface area contributed by atoms with Crippen molar-refractivity contribution in [3.63, 3.8) is 0 Å². The Morgan fingerprint density at radius 1 is 1.67 bits per heavy atom. The van der Waals surface area contributed by atoms with Crippen LogP contribution in [0.15, 0.2) is 22.6 Å². The maximum absolute atomic E-state index is 10.9. The Hall–Kier alpha value is -1.76. The highest BCUT2D eigenvalue weighted by molar-refractivity contribution is 5.93. The van der Waals surface area contributed by atoms with Gasteiger partial charge in [-0.3, -0.25) is 0 Å². The van der Waals surface area contributed by atoms with Gasteiger partial charge in [-0.05, 0) is 13.8 Å². The van der Waals surface area contributed by atoms with E-state index in [0.717, 1.165) is 0 Å². The smallest absolute Gasteiger partial charge is 0.341 e. The summed E-state index contributed by atoms with van der Waals surface area (Å²) in [4.78, 5) is 10.9. The van der Waals surface area contributed by atoms with E-state index in [1.54, 1.807) is 13.8 Å². The van der Waals surface area contributed by atoms with Crippen LogP contribution in [0.1, 0.15) is 13.8 Å². The molecular formula is C8H8N2O2. The summed E-state index contributed by atoms with van der Waals surface area (Å²) in [5, 5.41) is 8.51. The van der Waals surface area contributed by atoms with Crippen LogP contribution in [0.2, 0.25) is 0 Å². The second-order valence-corrected chi connectivity index (χ2v) is 2.49. The third kappa shape index (κ3) is 1.05. The molecule has 0 aromatic rings. The first-order chi connectivity index (χ1) is 5.57. The standard InChI is InChI=1S/C8H8N2O2/c1-4(3-9)7-6(10)5(2)8(11)12-7/h10H2,1-2H3/b7-4+. The zero-order valence-corrected chi connectivity index (χ0v) is 6.84. The summed E-state index contributed by atoms with van der Waals surface area (Å²) < 4.78 is 4.76. The lowest BCUT2D eigenvalue weighted by Crippen LogP contribution is -2.00. The highest BCUT2D eigenvalue weighted by atomic mass is 16.5. The van der Waals surface area contributed by atoms with Gasteiger partial charge >= 0.3 is 5.97 Å². The number of hydrogen-bond acceptors (Lipinski definition) is 4. The fourth-order valence-electron chi connectivity index (χ4n) is 0.834. The van der Waals surface area contributed by atoms with Crippen molar-refractivity contribution < 1.29 is 9.53 Å². The van der Waals surface area contributed by atoms with E-state index in [9.17, 15) is 4.79 Å². The van der Waals surface area contributed by atoms with Gasteiger partial charge in [0, 0.05) is 0 Å². The van der Waals surface area contributed by atoms with Crippen LogP contribution in [-0.4, -0.2) is 5.97 Å². The highest BCUT2D eigenvalue weighted by Gasteiger charge is 2.25. The number of ether oxygens (including phenoxy) is 1. The van der Waals surface area contributed by atoms with Crippen LogP contribution in [0.3, 0.4) is 0 Å². The molecule has 2 N–H and O–H groups in total. The van der Waals surface area contributed by atoms with Crippen molar-refractivity contribution in [3.8, 4) is 6.07 Å². The van der Waals surface area contributed by atoms with Crippen molar-refractivity contribution in [3.05, 3.63) is 22.6 Å². The molecule has 0 aromatic heterocycles. The highest BCUT2D eigenvalue weighted by Crippen LogP contribution is 2.23. The maximum atomic E-state index is 10.9. The van der Waals surface area contributed by atoms with E-state index in [1.807, 2.05) is 6.07 Å². The molecular weight excluding hydrogens is 156 g/mol. The molecule has 1 aliphatic rings. The Morgan fingerprint density at radius 3 is 2.58 bits per heavy atom. The largest absolute Gasteiger partial charge is 0.420 e. The molecule has 1 aliphatic heterocycles. The Balaban J connectivity index is 3.21. The number of nitrogens with zero attached hydrogens (tertiary/aromatic N) is 1. The molecule has 0 unspecified atom stereocenters. The molecule has 0 spiro atoms. The van der Waals surface area contributed by atoms with E-state index >= 15 is 0 Å². The van der Waals surface area contributed by atoms with E-state index in [0.29, 0.717) is 11.1 Å². The van der Waals surface area contributed by atoms with E-state index in [1.165, 1.54) is 0 Å². The van der Waals surface area contributed by atoms with E-state index in [4.69, 9.17) is 15.7 Å². The molecule has 1 rings (SSSR count). The molecule has 4 heteroatoms. The number of nitriles is 1. The summed E-state index contributed by atoms with van der Waals surface area (Å²) >= 11 is 0. The van der Waals surface area contributed by atoms with Crippen molar-refractivity contribution in [1.29, 1.82) is 5.26 Å². The summed E-state index contributed by atoms with van der Waals surface area (Å²) in [7, 11) is 0. The monoisotopic (exact) mass is 164 g/mol. The zero-order chi connectivity index (χ0) is 9.30. The van der Waals surface area contributed by atoms with E-state index < -0.39 is 5.97 Å². The Kier molecular flexibility index (Phi) is 1.88. The lowest BCUT2D eigenvalue weighted by molar-refractivity contribution is -0.133. The van der Waals surface area contributed by atoms with Crippen molar-refractivity contribution in [1.82, 2.24) is 0 Å². The molecule has 0 amide bonds. The van der Waals surface area contributed by atoms with E-state index in [2.05, 4.69) is 0 Å². The maximum Gasteiger partial charge on any atom is 0.341 e. The third-order valence-electron chi connectivity index (χ3n) is 1.66. The molecule has 0 bridgehead atoms. The summed E-state index contributed by atoms with van der Waals surface area (Å²) in [5.41, 5.74) is 6.46. The molecule has 4 nitrogen and oxygen atoms in total. The van der Waals surface area contributed by atoms with Gasteiger partial charge in [0.2, 0.25) is 0 Å². The van der Waals surface area contributed by atoms with Crippen molar-refractivity contribution in [2.75, 3.05) is 0 Å². The van der Waals surface area contributed by atoms with Gasteiger partial charge in [-0.25, -0.2) is 4.79 Å². The number of allylic oxidation sites excluding steroid dienone is 1. The quantitative estimate of drug-likeness (QED) is 0.419. The van der Waals surface area contributed by atoms with Crippen LogP contribution in [0.5, 0.6) is 0 Å². The first kappa shape index (κ1) is 8.34. The van der Waals surface area contributed by atoms with Gasteiger partial charge in [-0.1, -0.05) is 0 Å². The molecule has 12 heavy (non-hydrogen) atoms. The van der Waals surface area contributed by atoms with Crippen LogP contribution in [0.4, 0.5) is 0 Å². The van der Waals surface area contributed by atoms with Crippen molar-refractivity contribution >= 4 is 5.97 Å². The minimum Gasteiger partial charge on any atom is -0.420 e. The van der Waals surface area contributed by atoms with Crippen molar-refractivity contribution in [2.24, 2.45) is 5.73 Å². The molecule has 62 valence electrons. The average molecular weight is 164 g/mol. The first-order valence-electron chi connectivity index (χ1n) is 3.37. The number of esters is 1. The van der Waals surface area contributed by atoms with Gasteiger partial charge in [0.05, 0.1) is 22.9 Å². The fourth-order valence-corrected chi connectivity index (χ4v) is 0.834. The molecule has 0 aliphatic carbocycles. The molecule has 0 radical (unpaired) electrons. The minimum atomic E-state index is -0.475. The fraction of sp³-hybridized carbons (Fsp3) is 0.250. The van der Waals surface area contributed by atoms with Gasteiger partial charge in [0.25, 0.3) is 0 Å². The predicted octanol–water partition coefficient (Wildman–Crippen LogP) is 0.573. The molecule has 1 heterocycles. The molecule has 0 fully saturated rings. The number of nitrogens with two attached hydrogens (primary N) is 1. The van der Waals surface area contributed by atoms with Gasteiger partial charge in [-0.15, -0.1) is 0 Å². The summed E-state index contributed by atoms with van der Waals surface area (Å²) in [6, 6.07) is 1.87. The second kappa shape index (κ2) is 2.70. The van der Waals surface area contributed by atoms with E-state index in [-0.39, 0.29) is 11.5 Å². The van der Waals surface area contributed by atoms with Gasteiger partial charge in [0.15, 0.2) is 5.76 Å². The average Bonchev–Trinajstić information content (AvgIpc) is 2.32. The predicted molar refractivity (Wildman–Crippen MR) is 41.3 cm³/mol. The van der Waals surface area contributed by atoms with Crippen LogP contribution < -0.4 is 5.73 Å². The van der Waals surface area contributed by atoms with Gasteiger partial charge < -0.3 is 10.5 Å². The molecule has 0 atom stereocenters. The number of cyclic esters (lactones) is 1. The number of hydrogen-bond donors (Lipinski definition) is 1. The SMILES string of the molecule is CC1=C(N)/C(=C(/C)C#N)OC1=O. The number of carbonyl (C=O) groups excluding carboxylic acids is 1. The molecule has 0 aromatic carbocycles. The second-order valence-electron chi connectivity index (χ2n) is 2.49. The lowest BCUT2D eigenvalue weighted by atomic mass is 10.2. The van der Waals surface area contributed by atoms with Crippen molar-refractivity contribution in [2.45, 2.75) is 13.8 Å². The minimum absolute atomic E-state index is 0.194. The summed E-state index contributed by atoms with van der Waals surface area (Å²) in [6.45, 7) is 3.11. The number of rotatable bonds is 0. The summed E-state index contributed by atoms with van der Waals surface area (Å²) in [6.07, 6.45) is 0.